The fraction of sp³-hybridized carbons (Fsp3) is 0.0588. The van der Waals surface area contributed by atoms with Crippen LogP contribution in [0.25, 0.3) is 0 Å². The third kappa shape index (κ3) is 4.86. The van der Waals surface area contributed by atoms with E-state index in [-0.39, 0.29) is 11.7 Å². The highest BCUT2D eigenvalue weighted by molar-refractivity contribution is 5.98. The zero-order valence-electron chi connectivity index (χ0n) is 12.0. The van der Waals surface area contributed by atoms with E-state index in [1.54, 1.807) is 24.3 Å². The first-order valence-electron chi connectivity index (χ1n) is 6.67. The van der Waals surface area contributed by atoms with E-state index in [1.807, 2.05) is 13.0 Å². The lowest BCUT2D eigenvalue weighted by molar-refractivity contribution is -0.111. The zero-order chi connectivity index (χ0) is 15.8. The molecule has 5 heteroatoms. The minimum Gasteiger partial charge on any atom is -0.456 e. The van der Waals surface area contributed by atoms with Crippen LogP contribution in [0.3, 0.4) is 0 Å². The lowest BCUT2D eigenvalue weighted by Crippen LogP contribution is -2.08. The molecule has 112 valence electrons. The monoisotopic (exact) mass is 298 g/mol. The van der Waals surface area contributed by atoms with Gasteiger partial charge in [-0.05, 0) is 43.3 Å². The summed E-state index contributed by atoms with van der Waals surface area (Å²) in [5.41, 5.74) is 0. The smallest absolute Gasteiger partial charge is 0.249 e. The molecule has 1 N–H and O–H groups in total. The molecule has 2 rings (SSSR count). The van der Waals surface area contributed by atoms with Crippen molar-refractivity contribution in [2.24, 2.45) is 0 Å². The summed E-state index contributed by atoms with van der Waals surface area (Å²) < 4.78 is 18.3. The Morgan fingerprint density at radius 1 is 1.14 bits per heavy atom. The molecule has 0 fully saturated rings. The second-order valence-electron chi connectivity index (χ2n) is 4.31. The molecular weight excluding hydrogens is 283 g/mol. The molecule has 0 aliphatic rings. The number of ether oxygens (including phenoxy) is 1. The largest absolute Gasteiger partial charge is 0.456 e. The minimum absolute atomic E-state index is 0.266. The lowest BCUT2D eigenvalue weighted by atomic mass is 10.3. The predicted molar refractivity (Wildman–Crippen MR) is 83.3 cm³/mol. The van der Waals surface area contributed by atoms with E-state index in [2.05, 4.69) is 10.3 Å². The minimum atomic E-state index is -0.325. The normalized spacial score (nSPS) is 11.0. The first kappa shape index (κ1) is 15.4. The van der Waals surface area contributed by atoms with Crippen LogP contribution in [0.2, 0.25) is 0 Å². The van der Waals surface area contributed by atoms with Crippen LogP contribution in [0.5, 0.6) is 11.5 Å². The number of benzene rings is 1. The third-order valence-corrected chi connectivity index (χ3v) is 2.59. The van der Waals surface area contributed by atoms with Crippen LogP contribution in [0.1, 0.15) is 6.92 Å². The Balaban J connectivity index is 1.95. The van der Waals surface area contributed by atoms with Gasteiger partial charge in [0.1, 0.15) is 23.1 Å². The van der Waals surface area contributed by atoms with Crippen LogP contribution in [0.4, 0.5) is 10.2 Å². The number of amides is 1. The van der Waals surface area contributed by atoms with E-state index in [1.165, 1.54) is 36.5 Å². The highest BCUT2D eigenvalue weighted by Gasteiger charge is 2.01. The molecule has 2 aromatic rings. The van der Waals surface area contributed by atoms with E-state index in [9.17, 15) is 9.18 Å². The summed E-state index contributed by atoms with van der Waals surface area (Å²) in [5.74, 6) is 0.831. The predicted octanol–water partition coefficient (Wildman–Crippen LogP) is 4.08. The Kier molecular flexibility index (Phi) is 5.43. The van der Waals surface area contributed by atoms with Gasteiger partial charge in [-0.2, -0.15) is 0 Å². The maximum Gasteiger partial charge on any atom is 0.249 e. The van der Waals surface area contributed by atoms with Gasteiger partial charge in [0.05, 0.1) is 6.20 Å². The second kappa shape index (κ2) is 7.73. The Labute approximate surface area is 128 Å². The van der Waals surface area contributed by atoms with Gasteiger partial charge in [0, 0.05) is 6.08 Å². The number of aromatic nitrogens is 1. The average Bonchev–Trinajstić information content (AvgIpc) is 2.52. The summed E-state index contributed by atoms with van der Waals surface area (Å²) in [6.45, 7) is 1.86. The number of nitrogens with zero attached hydrogens (tertiary/aromatic N) is 1. The SMILES string of the molecule is C/C=C/C=C/C(=O)Nc1ccc(Oc2ccc(F)cc2)cn1. The van der Waals surface area contributed by atoms with Crippen molar-refractivity contribution < 1.29 is 13.9 Å². The number of anilines is 1. The Morgan fingerprint density at radius 2 is 1.86 bits per heavy atom. The number of hydrogen-bond acceptors (Lipinski definition) is 3. The number of carbonyl (C=O) groups excluding carboxylic acids is 1. The maximum absolute atomic E-state index is 12.8. The van der Waals surface area contributed by atoms with Gasteiger partial charge in [-0.1, -0.05) is 18.2 Å². The van der Waals surface area contributed by atoms with E-state index in [0.29, 0.717) is 17.3 Å². The van der Waals surface area contributed by atoms with Crippen molar-refractivity contribution >= 4 is 11.7 Å². The van der Waals surface area contributed by atoms with Gasteiger partial charge in [-0.15, -0.1) is 0 Å². The van der Waals surface area contributed by atoms with E-state index >= 15 is 0 Å². The van der Waals surface area contributed by atoms with Crippen LogP contribution in [-0.2, 0) is 4.79 Å². The fourth-order valence-electron chi connectivity index (χ4n) is 1.58. The van der Waals surface area contributed by atoms with Crippen LogP contribution in [0, 0.1) is 5.82 Å². The quantitative estimate of drug-likeness (QED) is 0.668. The maximum atomic E-state index is 12.8. The third-order valence-electron chi connectivity index (χ3n) is 2.59. The highest BCUT2D eigenvalue weighted by Crippen LogP contribution is 2.21. The van der Waals surface area contributed by atoms with Crippen molar-refractivity contribution in [1.82, 2.24) is 4.98 Å². The van der Waals surface area contributed by atoms with Gasteiger partial charge in [0.15, 0.2) is 0 Å². The van der Waals surface area contributed by atoms with Crippen LogP contribution in [0.15, 0.2) is 66.9 Å². The summed E-state index contributed by atoms with van der Waals surface area (Å²) >= 11 is 0. The number of allylic oxidation sites excluding steroid dienone is 3. The van der Waals surface area contributed by atoms with E-state index in [0.717, 1.165) is 0 Å². The molecule has 0 spiro atoms. The Morgan fingerprint density at radius 3 is 2.50 bits per heavy atom. The van der Waals surface area contributed by atoms with Crippen LogP contribution < -0.4 is 10.1 Å². The number of rotatable bonds is 5. The van der Waals surface area contributed by atoms with Crippen molar-refractivity contribution in [3.05, 3.63) is 72.7 Å². The molecule has 0 radical (unpaired) electrons. The van der Waals surface area contributed by atoms with Crippen molar-refractivity contribution in [2.45, 2.75) is 6.92 Å². The highest BCUT2D eigenvalue weighted by atomic mass is 19.1. The van der Waals surface area contributed by atoms with E-state index in [4.69, 9.17) is 4.74 Å². The molecule has 0 atom stereocenters. The average molecular weight is 298 g/mol. The first-order valence-corrected chi connectivity index (χ1v) is 6.67. The van der Waals surface area contributed by atoms with Gasteiger partial charge in [0.25, 0.3) is 0 Å². The molecule has 1 aromatic carbocycles. The zero-order valence-corrected chi connectivity index (χ0v) is 12.0. The van der Waals surface area contributed by atoms with Gasteiger partial charge in [-0.3, -0.25) is 4.79 Å². The number of pyridine rings is 1. The number of hydrogen-bond donors (Lipinski definition) is 1. The van der Waals surface area contributed by atoms with Gasteiger partial charge < -0.3 is 10.1 Å². The molecule has 0 bridgehead atoms. The Bertz CT molecular complexity index is 677. The van der Waals surface area contributed by atoms with Crippen molar-refractivity contribution in [1.29, 1.82) is 0 Å². The molecule has 1 heterocycles. The van der Waals surface area contributed by atoms with E-state index < -0.39 is 0 Å². The fourth-order valence-corrected chi connectivity index (χ4v) is 1.58. The summed E-state index contributed by atoms with van der Waals surface area (Å²) in [7, 11) is 0. The molecule has 0 saturated carbocycles. The van der Waals surface area contributed by atoms with Crippen molar-refractivity contribution in [2.75, 3.05) is 5.32 Å². The summed E-state index contributed by atoms with van der Waals surface area (Å²) in [4.78, 5) is 15.6. The van der Waals surface area contributed by atoms with Gasteiger partial charge >= 0.3 is 0 Å². The molecule has 1 amide bonds. The van der Waals surface area contributed by atoms with Gasteiger partial charge in [-0.25, -0.2) is 9.37 Å². The molecule has 22 heavy (non-hydrogen) atoms. The number of carbonyl (C=O) groups is 1. The van der Waals surface area contributed by atoms with Crippen LogP contribution >= 0.6 is 0 Å². The van der Waals surface area contributed by atoms with Crippen LogP contribution in [-0.4, -0.2) is 10.9 Å². The molecule has 0 unspecified atom stereocenters. The molecule has 0 aliphatic carbocycles. The van der Waals surface area contributed by atoms with Crippen molar-refractivity contribution in [3.8, 4) is 11.5 Å². The molecule has 4 nitrogen and oxygen atoms in total. The standard InChI is InChI=1S/C17H15FN2O2/c1-2-3-4-5-17(21)20-16-11-10-15(12-19-16)22-14-8-6-13(18)7-9-14/h2-12H,1H3,(H,19,20,21)/b3-2+,5-4+. The second-order valence-corrected chi connectivity index (χ2v) is 4.31. The molecular formula is C17H15FN2O2. The van der Waals surface area contributed by atoms with Gasteiger partial charge in [0.2, 0.25) is 5.91 Å². The molecule has 0 saturated heterocycles. The molecule has 0 aliphatic heterocycles. The summed E-state index contributed by atoms with van der Waals surface area (Å²) in [6, 6.07) is 8.97. The summed E-state index contributed by atoms with van der Waals surface area (Å²) in [6.07, 6.45) is 8.11. The topological polar surface area (TPSA) is 51.2 Å². The Hall–Kier alpha value is -2.95. The number of nitrogens with one attached hydrogen (secondary N) is 1. The summed E-state index contributed by atoms with van der Waals surface area (Å²) in [5, 5.41) is 2.62. The molecule has 1 aromatic heterocycles. The van der Waals surface area contributed by atoms with Crippen molar-refractivity contribution in [3.63, 3.8) is 0 Å². The number of halogens is 1. The first-order chi connectivity index (χ1) is 10.7. The lowest BCUT2D eigenvalue weighted by Gasteiger charge is -2.06.